The van der Waals surface area contributed by atoms with Gasteiger partial charge in [-0.1, -0.05) is 0 Å². The van der Waals surface area contributed by atoms with Gasteiger partial charge in [-0.3, -0.25) is 4.79 Å². The molecular formula is C8H10F2N2O. The van der Waals surface area contributed by atoms with Gasteiger partial charge in [0, 0.05) is 12.6 Å². The first-order valence-corrected chi connectivity index (χ1v) is 4.12. The van der Waals surface area contributed by atoms with Gasteiger partial charge in [-0.05, 0) is 12.8 Å². The Kier molecular flexibility index (Phi) is 3.18. The zero-order chi connectivity index (χ0) is 9.84. The Balaban J connectivity index is 2.47. The summed E-state index contributed by atoms with van der Waals surface area (Å²) < 4.78 is 24.0. The number of rotatable bonds is 4. The van der Waals surface area contributed by atoms with Crippen molar-refractivity contribution in [2.45, 2.75) is 31.7 Å². The van der Waals surface area contributed by atoms with E-state index in [1.165, 1.54) is 0 Å². The summed E-state index contributed by atoms with van der Waals surface area (Å²) in [6, 6.07) is 1.79. The van der Waals surface area contributed by atoms with Gasteiger partial charge in [-0.2, -0.15) is 14.0 Å². The van der Waals surface area contributed by atoms with Crippen LogP contribution in [-0.2, 0) is 4.79 Å². The van der Waals surface area contributed by atoms with Gasteiger partial charge in [0.05, 0.1) is 12.5 Å². The summed E-state index contributed by atoms with van der Waals surface area (Å²) in [5.74, 6) is -1.14. The third-order valence-electron chi connectivity index (χ3n) is 1.92. The molecule has 0 aromatic carbocycles. The van der Waals surface area contributed by atoms with Gasteiger partial charge in [-0.25, -0.2) is 0 Å². The Labute approximate surface area is 74.9 Å². The van der Waals surface area contributed by atoms with Crippen molar-refractivity contribution in [3.05, 3.63) is 0 Å². The van der Waals surface area contributed by atoms with E-state index in [-0.39, 0.29) is 19.0 Å². The molecule has 1 saturated carbocycles. The fourth-order valence-corrected chi connectivity index (χ4v) is 1.15. The number of hydrogen-bond acceptors (Lipinski definition) is 2. The van der Waals surface area contributed by atoms with Crippen LogP contribution in [0.2, 0.25) is 0 Å². The van der Waals surface area contributed by atoms with E-state index in [4.69, 9.17) is 5.26 Å². The summed E-state index contributed by atoms with van der Waals surface area (Å²) in [4.78, 5) is 12.0. The number of nitrogens with zero attached hydrogens (tertiary/aromatic N) is 2. The van der Waals surface area contributed by atoms with Crippen LogP contribution in [0.15, 0.2) is 0 Å². The largest absolute Gasteiger partial charge is 0.334 e. The first kappa shape index (κ1) is 9.90. The zero-order valence-corrected chi connectivity index (χ0v) is 7.04. The summed E-state index contributed by atoms with van der Waals surface area (Å²) in [7, 11) is 0. The van der Waals surface area contributed by atoms with Gasteiger partial charge in [-0.15, -0.1) is 0 Å². The third-order valence-corrected chi connectivity index (χ3v) is 1.92. The number of hydrogen-bond donors (Lipinski definition) is 0. The maximum atomic E-state index is 12.0. The molecule has 1 rings (SSSR count). The first-order chi connectivity index (χ1) is 6.16. The van der Waals surface area contributed by atoms with E-state index in [9.17, 15) is 13.6 Å². The molecule has 1 amide bonds. The average molecular weight is 188 g/mol. The molecule has 13 heavy (non-hydrogen) atoms. The predicted molar refractivity (Wildman–Crippen MR) is 41.0 cm³/mol. The Hall–Kier alpha value is -1.18. The number of amides is 1. The molecule has 0 radical (unpaired) electrons. The van der Waals surface area contributed by atoms with E-state index in [0.29, 0.717) is 0 Å². The quantitative estimate of drug-likeness (QED) is 0.664. The molecule has 3 nitrogen and oxygen atoms in total. The molecule has 72 valence electrons. The maximum Gasteiger partial charge on any atom is 0.315 e. The molecule has 0 aromatic rings. The maximum absolute atomic E-state index is 12.0. The second-order valence-electron chi connectivity index (χ2n) is 2.97. The van der Waals surface area contributed by atoms with Crippen molar-refractivity contribution in [3.63, 3.8) is 0 Å². The number of halogens is 2. The Morgan fingerprint density at radius 3 is 2.62 bits per heavy atom. The van der Waals surface area contributed by atoms with E-state index in [1.54, 1.807) is 0 Å². The van der Waals surface area contributed by atoms with Crippen LogP contribution in [0.3, 0.4) is 0 Å². The van der Waals surface area contributed by atoms with Crippen LogP contribution in [0.25, 0.3) is 0 Å². The van der Waals surface area contributed by atoms with Crippen LogP contribution in [0.1, 0.15) is 19.3 Å². The Morgan fingerprint density at radius 2 is 2.23 bits per heavy atom. The van der Waals surface area contributed by atoms with Gasteiger partial charge in [0.25, 0.3) is 5.91 Å². The minimum Gasteiger partial charge on any atom is -0.334 e. The van der Waals surface area contributed by atoms with Crippen molar-refractivity contribution >= 4 is 5.91 Å². The lowest BCUT2D eigenvalue weighted by molar-refractivity contribution is -0.143. The van der Waals surface area contributed by atoms with Crippen LogP contribution in [-0.4, -0.2) is 29.8 Å². The summed E-state index contributed by atoms with van der Waals surface area (Å²) in [5.41, 5.74) is 0. The SMILES string of the molecule is N#CCCN(C(=O)C(F)F)C1CC1. The molecule has 0 N–H and O–H groups in total. The lowest BCUT2D eigenvalue weighted by Gasteiger charge is -2.20. The summed E-state index contributed by atoms with van der Waals surface area (Å²) in [5, 5.41) is 8.26. The summed E-state index contributed by atoms with van der Waals surface area (Å²) in [6.07, 6.45) is -1.26. The second-order valence-corrected chi connectivity index (χ2v) is 2.97. The molecule has 0 heterocycles. The Bertz CT molecular complexity index is 233. The highest BCUT2D eigenvalue weighted by Crippen LogP contribution is 2.27. The average Bonchev–Trinajstić information content (AvgIpc) is 2.88. The van der Waals surface area contributed by atoms with Crippen molar-refractivity contribution in [3.8, 4) is 6.07 Å². The van der Waals surface area contributed by atoms with Crippen LogP contribution in [0, 0.1) is 11.3 Å². The van der Waals surface area contributed by atoms with Crippen molar-refractivity contribution < 1.29 is 13.6 Å². The number of alkyl halides is 2. The van der Waals surface area contributed by atoms with Gasteiger partial charge in [0.2, 0.25) is 0 Å². The standard InChI is InChI=1S/C8H10F2N2O/c9-7(10)8(13)12(5-1-4-11)6-2-3-6/h6-7H,1-3,5H2. The third kappa shape index (κ3) is 2.65. The topological polar surface area (TPSA) is 44.1 Å². The highest BCUT2D eigenvalue weighted by atomic mass is 19.3. The molecule has 0 bridgehead atoms. The van der Waals surface area contributed by atoms with Gasteiger partial charge >= 0.3 is 6.43 Å². The lowest BCUT2D eigenvalue weighted by atomic mass is 10.3. The molecule has 0 atom stereocenters. The van der Waals surface area contributed by atoms with Crippen LogP contribution in [0.5, 0.6) is 0 Å². The molecule has 0 saturated heterocycles. The van der Waals surface area contributed by atoms with Gasteiger partial charge < -0.3 is 4.90 Å². The molecule has 0 aromatic heterocycles. The molecule has 5 heteroatoms. The highest BCUT2D eigenvalue weighted by Gasteiger charge is 2.35. The zero-order valence-electron chi connectivity index (χ0n) is 7.04. The molecule has 1 fully saturated rings. The fourth-order valence-electron chi connectivity index (χ4n) is 1.15. The van der Waals surface area contributed by atoms with Gasteiger partial charge in [0.1, 0.15) is 0 Å². The first-order valence-electron chi connectivity index (χ1n) is 4.12. The number of carbonyl (C=O) groups excluding carboxylic acids is 1. The van der Waals surface area contributed by atoms with E-state index in [2.05, 4.69) is 0 Å². The molecule has 1 aliphatic carbocycles. The van der Waals surface area contributed by atoms with Gasteiger partial charge in [0.15, 0.2) is 0 Å². The van der Waals surface area contributed by atoms with Crippen molar-refractivity contribution in [1.29, 1.82) is 5.26 Å². The van der Waals surface area contributed by atoms with Crippen LogP contribution in [0.4, 0.5) is 8.78 Å². The molecule has 1 aliphatic rings. The van der Waals surface area contributed by atoms with Crippen molar-refractivity contribution in [2.75, 3.05) is 6.54 Å². The normalized spacial score (nSPS) is 15.5. The van der Waals surface area contributed by atoms with E-state index in [0.717, 1.165) is 17.7 Å². The Morgan fingerprint density at radius 1 is 1.62 bits per heavy atom. The van der Waals surface area contributed by atoms with Crippen molar-refractivity contribution in [1.82, 2.24) is 4.90 Å². The predicted octanol–water partition coefficient (Wildman–Crippen LogP) is 1.16. The monoisotopic (exact) mass is 188 g/mol. The molecule has 0 unspecified atom stereocenters. The minimum absolute atomic E-state index is 0.0464. The van der Waals surface area contributed by atoms with E-state index >= 15 is 0 Å². The number of nitriles is 1. The van der Waals surface area contributed by atoms with Crippen LogP contribution >= 0.6 is 0 Å². The van der Waals surface area contributed by atoms with Crippen LogP contribution < -0.4 is 0 Å². The van der Waals surface area contributed by atoms with Crippen molar-refractivity contribution in [2.24, 2.45) is 0 Å². The fraction of sp³-hybridized carbons (Fsp3) is 0.750. The number of carbonyl (C=O) groups is 1. The summed E-state index contributed by atoms with van der Waals surface area (Å²) in [6.45, 7) is 0.129. The smallest absolute Gasteiger partial charge is 0.315 e. The minimum atomic E-state index is -2.95. The van der Waals surface area contributed by atoms with E-state index < -0.39 is 12.3 Å². The molecule has 0 spiro atoms. The highest BCUT2D eigenvalue weighted by molar-refractivity contribution is 5.80. The summed E-state index contributed by atoms with van der Waals surface area (Å²) >= 11 is 0. The molecule has 0 aliphatic heterocycles. The molecular weight excluding hydrogens is 178 g/mol. The lowest BCUT2D eigenvalue weighted by Crippen LogP contribution is -2.38. The second kappa shape index (κ2) is 4.17. The van der Waals surface area contributed by atoms with E-state index in [1.807, 2.05) is 6.07 Å².